The van der Waals surface area contributed by atoms with E-state index in [0.717, 1.165) is 37.2 Å². The summed E-state index contributed by atoms with van der Waals surface area (Å²) in [5, 5.41) is 3.18. The molecule has 0 spiro atoms. The van der Waals surface area contributed by atoms with Crippen LogP contribution in [0.5, 0.6) is 0 Å². The van der Waals surface area contributed by atoms with Gasteiger partial charge in [0.25, 0.3) is 0 Å². The number of piperazine rings is 1. The Bertz CT molecular complexity index is 524. The quantitative estimate of drug-likeness (QED) is 0.696. The Morgan fingerprint density at radius 2 is 1.75 bits per heavy atom. The first-order valence-corrected chi connectivity index (χ1v) is 7.17. The van der Waals surface area contributed by atoms with E-state index in [2.05, 4.69) is 5.32 Å². The van der Waals surface area contributed by atoms with Gasteiger partial charge in [-0.25, -0.2) is 0 Å². The molecule has 5 heteroatoms. The normalized spacial score (nSPS) is 18.6. The van der Waals surface area contributed by atoms with Gasteiger partial charge in [-0.05, 0) is 24.5 Å². The minimum absolute atomic E-state index is 0.372. The molecule has 2 aliphatic heterocycles. The lowest BCUT2D eigenvalue weighted by atomic mass is 10.0. The molecule has 1 N–H and O–H groups in total. The number of hydrogen-bond donors (Lipinski definition) is 1. The fourth-order valence-corrected chi connectivity index (χ4v) is 2.86. The van der Waals surface area contributed by atoms with Crippen LogP contribution in [0.2, 0.25) is 0 Å². The smallest absolute Gasteiger partial charge is 0.316 e. The van der Waals surface area contributed by atoms with Gasteiger partial charge in [0.1, 0.15) is 0 Å². The highest BCUT2D eigenvalue weighted by Gasteiger charge is 2.30. The summed E-state index contributed by atoms with van der Waals surface area (Å²) in [5.74, 6) is -0.762. The van der Waals surface area contributed by atoms with Crippen molar-refractivity contribution in [2.45, 2.75) is 12.8 Å². The molecule has 5 nitrogen and oxygen atoms in total. The molecule has 1 aromatic carbocycles. The Hall–Kier alpha value is -1.88. The van der Waals surface area contributed by atoms with Crippen LogP contribution in [0, 0.1) is 0 Å². The van der Waals surface area contributed by atoms with Crippen molar-refractivity contribution in [3.05, 3.63) is 29.8 Å². The van der Waals surface area contributed by atoms with E-state index in [4.69, 9.17) is 0 Å². The number of nitrogens with zero attached hydrogens (tertiary/aromatic N) is 2. The number of nitrogens with one attached hydrogen (secondary N) is 1. The van der Waals surface area contributed by atoms with Crippen molar-refractivity contribution in [3.63, 3.8) is 0 Å². The van der Waals surface area contributed by atoms with Crippen LogP contribution >= 0.6 is 0 Å². The molecule has 1 aromatic rings. The van der Waals surface area contributed by atoms with E-state index < -0.39 is 0 Å². The fraction of sp³-hybridized carbons (Fsp3) is 0.467. The molecule has 0 atom stereocenters. The average molecular weight is 273 g/mol. The summed E-state index contributed by atoms with van der Waals surface area (Å²) < 4.78 is 0. The largest absolute Gasteiger partial charge is 0.332 e. The van der Waals surface area contributed by atoms with Crippen molar-refractivity contribution in [3.8, 4) is 0 Å². The number of carbonyl (C=O) groups excluding carboxylic acids is 2. The second-order valence-electron chi connectivity index (χ2n) is 5.23. The molecular formula is C15H19N3O2. The molecule has 2 amide bonds. The first-order valence-electron chi connectivity index (χ1n) is 7.17. The SMILES string of the molecule is O=C(C(=O)N1CCCc2ccccc21)N1CCNCC1. The summed E-state index contributed by atoms with van der Waals surface area (Å²) in [4.78, 5) is 28.1. The topological polar surface area (TPSA) is 52.7 Å². The van der Waals surface area contributed by atoms with Crippen LogP contribution in [0.1, 0.15) is 12.0 Å². The molecule has 0 unspecified atom stereocenters. The number of rotatable bonds is 0. The molecule has 106 valence electrons. The van der Waals surface area contributed by atoms with Crippen LogP contribution < -0.4 is 10.2 Å². The maximum Gasteiger partial charge on any atom is 0.316 e. The molecule has 0 radical (unpaired) electrons. The predicted molar refractivity (Wildman–Crippen MR) is 76.6 cm³/mol. The summed E-state index contributed by atoms with van der Waals surface area (Å²) in [5.41, 5.74) is 2.05. The number of amides is 2. The van der Waals surface area contributed by atoms with Crippen LogP contribution in [0.4, 0.5) is 5.69 Å². The third kappa shape index (κ3) is 2.41. The Kier molecular flexibility index (Phi) is 3.69. The summed E-state index contributed by atoms with van der Waals surface area (Å²) in [6.07, 6.45) is 1.89. The van der Waals surface area contributed by atoms with Gasteiger partial charge in [-0.1, -0.05) is 18.2 Å². The molecule has 0 saturated carbocycles. The maximum atomic E-state index is 12.5. The number of aryl methyl sites for hydroxylation is 1. The van der Waals surface area contributed by atoms with Gasteiger partial charge in [-0.3, -0.25) is 9.59 Å². The number of para-hydroxylation sites is 1. The first-order chi connectivity index (χ1) is 9.77. The Morgan fingerprint density at radius 3 is 2.55 bits per heavy atom. The van der Waals surface area contributed by atoms with Crippen LogP contribution in [0.25, 0.3) is 0 Å². The number of anilines is 1. The van der Waals surface area contributed by atoms with Crippen molar-refractivity contribution in [1.82, 2.24) is 10.2 Å². The summed E-state index contributed by atoms with van der Waals surface area (Å²) >= 11 is 0. The molecule has 1 fully saturated rings. The van der Waals surface area contributed by atoms with Gasteiger partial charge in [0.15, 0.2) is 0 Å². The minimum Gasteiger partial charge on any atom is -0.332 e. The number of fused-ring (bicyclic) bond motifs is 1. The van der Waals surface area contributed by atoms with Crippen molar-refractivity contribution >= 4 is 17.5 Å². The zero-order valence-electron chi connectivity index (χ0n) is 11.5. The van der Waals surface area contributed by atoms with Crippen molar-refractivity contribution in [1.29, 1.82) is 0 Å². The zero-order valence-corrected chi connectivity index (χ0v) is 11.5. The van der Waals surface area contributed by atoms with Crippen molar-refractivity contribution < 1.29 is 9.59 Å². The predicted octanol–water partition coefficient (Wildman–Crippen LogP) is 0.398. The molecular weight excluding hydrogens is 254 g/mol. The van der Waals surface area contributed by atoms with Crippen LogP contribution in [-0.2, 0) is 16.0 Å². The molecule has 0 aliphatic carbocycles. The van der Waals surface area contributed by atoms with Crippen LogP contribution in [0.3, 0.4) is 0 Å². The van der Waals surface area contributed by atoms with Gasteiger partial charge in [-0.2, -0.15) is 0 Å². The molecule has 2 aliphatic rings. The monoisotopic (exact) mass is 273 g/mol. The van der Waals surface area contributed by atoms with Crippen LogP contribution in [-0.4, -0.2) is 49.4 Å². The molecule has 1 saturated heterocycles. The molecule has 0 bridgehead atoms. The molecule has 2 heterocycles. The van der Waals surface area contributed by atoms with Gasteiger partial charge in [0.05, 0.1) is 0 Å². The third-order valence-electron chi connectivity index (χ3n) is 3.94. The standard InChI is InChI=1S/C15H19N3O2/c19-14(17-10-7-16-8-11-17)15(20)18-9-3-5-12-4-1-2-6-13(12)18/h1-2,4,6,16H,3,5,7-11H2. The number of carbonyl (C=O) groups is 2. The summed E-state index contributed by atoms with van der Waals surface area (Å²) in [6.45, 7) is 3.37. The van der Waals surface area contributed by atoms with E-state index in [0.29, 0.717) is 19.6 Å². The molecule has 3 rings (SSSR count). The van der Waals surface area contributed by atoms with Gasteiger partial charge in [0.2, 0.25) is 0 Å². The highest BCUT2D eigenvalue weighted by molar-refractivity contribution is 6.40. The summed E-state index contributed by atoms with van der Waals surface area (Å²) in [7, 11) is 0. The van der Waals surface area contributed by atoms with E-state index in [1.807, 2.05) is 24.3 Å². The van der Waals surface area contributed by atoms with E-state index >= 15 is 0 Å². The van der Waals surface area contributed by atoms with E-state index in [-0.39, 0.29) is 11.8 Å². The lowest BCUT2D eigenvalue weighted by Gasteiger charge is -2.32. The Balaban J connectivity index is 1.79. The van der Waals surface area contributed by atoms with E-state index in [1.165, 1.54) is 0 Å². The van der Waals surface area contributed by atoms with Gasteiger partial charge >= 0.3 is 11.8 Å². The summed E-state index contributed by atoms with van der Waals surface area (Å²) in [6, 6.07) is 7.85. The van der Waals surface area contributed by atoms with E-state index in [1.54, 1.807) is 9.80 Å². The zero-order chi connectivity index (χ0) is 13.9. The average Bonchev–Trinajstić information content (AvgIpc) is 2.54. The van der Waals surface area contributed by atoms with Gasteiger partial charge in [-0.15, -0.1) is 0 Å². The van der Waals surface area contributed by atoms with E-state index in [9.17, 15) is 9.59 Å². The lowest BCUT2D eigenvalue weighted by Crippen LogP contribution is -2.52. The number of hydrogen-bond acceptors (Lipinski definition) is 3. The first kappa shape index (κ1) is 13.1. The van der Waals surface area contributed by atoms with Gasteiger partial charge < -0.3 is 15.1 Å². The fourth-order valence-electron chi connectivity index (χ4n) is 2.86. The second-order valence-corrected chi connectivity index (χ2v) is 5.23. The Morgan fingerprint density at radius 1 is 1.00 bits per heavy atom. The second kappa shape index (κ2) is 5.63. The minimum atomic E-state index is -0.390. The lowest BCUT2D eigenvalue weighted by molar-refractivity contribution is -0.144. The number of benzene rings is 1. The maximum absolute atomic E-state index is 12.5. The van der Waals surface area contributed by atoms with Crippen molar-refractivity contribution in [2.75, 3.05) is 37.6 Å². The third-order valence-corrected chi connectivity index (χ3v) is 3.94. The Labute approximate surface area is 118 Å². The van der Waals surface area contributed by atoms with Crippen LogP contribution in [0.15, 0.2) is 24.3 Å². The highest BCUT2D eigenvalue weighted by Crippen LogP contribution is 2.26. The van der Waals surface area contributed by atoms with Gasteiger partial charge in [0, 0.05) is 38.4 Å². The van der Waals surface area contributed by atoms with Crippen molar-refractivity contribution in [2.24, 2.45) is 0 Å². The molecule has 0 aromatic heterocycles. The molecule has 20 heavy (non-hydrogen) atoms. The highest BCUT2D eigenvalue weighted by atomic mass is 16.2.